The average molecular weight is 251 g/mol. The van der Waals surface area contributed by atoms with Gasteiger partial charge in [-0.15, -0.1) is 0 Å². The zero-order valence-corrected chi connectivity index (χ0v) is 9.98. The monoisotopic (exact) mass is 251 g/mol. The number of rotatable bonds is 4. The topological polar surface area (TPSA) is 97.6 Å². The van der Waals surface area contributed by atoms with E-state index in [9.17, 15) is 14.9 Å². The van der Waals surface area contributed by atoms with Crippen LogP contribution in [0.15, 0.2) is 24.3 Å². The van der Waals surface area contributed by atoms with Crippen LogP contribution in [0.3, 0.4) is 0 Å². The molecule has 0 saturated heterocycles. The van der Waals surface area contributed by atoms with Gasteiger partial charge in [0.05, 0.1) is 4.92 Å². The van der Waals surface area contributed by atoms with Crippen LogP contribution in [0.2, 0.25) is 0 Å². The molecule has 0 aliphatic rings. The molecule has 0 fully saturated rings. The first kappa shape index (κ1) is 13.8. The molecule has 96 valence electrons. The number of benzene rings is 1. The van der Waals surface area contributed by atoms with Crippen molar-refractivity contribution >= 4 is 17.8 Å². The number of hydrogen-bond donors (Lipinski definition) is 1. The maximum atomic E-state index is 11.6. The summed E-state index contributed by atoms with van der Waals surface area (Å²) in [5.74, 6) is -0.538. The summed E-state index contributed by atoms with van der Waals surface area (Å²) >= 11 is 0. The average Bonchev–Trinajstić information content (AvgIpc) is 2.27. The van der Waals surface area contributed by atoms with Crippen molar-refractivity contribution < 1.29 is 19.5 Å². The molecule has 0 heterocycles. The third-order valence-electron chi connectivity index (χ3n) is 2.01. The third-order valence-corrected chi connectivity index (χ3v) is 2.01. The Hall–Kier alpha value is -2.28. The van der Waals surface area contributed by atoms with Crippen LogP contribution < -0.4 is 0 Å². The van der Waals surface area contributed by atoms with Crippen molar-refractivity contribution in [2.45, 2.75) is 13.0 Å². The molecule has 0 aliphatic heterocycles. The second-order valence-corrected chi connectivity index (χ2v) is 3.67. The van der Waals surface area contributed by atoms with E-state index in [0.717, 1.165) is 0 Å². The zero-order chi connectivity index (χ0) is 13.7. The molecule has 7 nitrogen and oxygen atoms in total. The predicted octanol–water partition coefficient (Wildman–Crippen LogP) is 1.12. The lowest BCUT2D eigenvalue weighted by atomic mass is 10.2. The van der Waals surface area contributed by atoms with Crippen LogP contribution in [-0.2, 0) is 0 Å². The van der Waals surface area contributed by atoms with Crippen LogP contribution in [0.1, 0.15) is 17.3 Å². The van der Waals surface area contributed by atoms with Gasteiger partial charge in [0.2, 0.25) is 0 Å². The van der Waals surface area contributed by atoms with E-state index in [1.807, 2.05) is 0 Å². The van der Waals surface area contributed by atoms with Crippen LogP contribution in [0.5, 0.6) is 0 Å². The lowest BCUT2D eigenvalue weighted by Gasteiger charge is -2.13. The minimum absolute atomic E-state index is 0.0875. The highest BCUT2D eigenvalue weighted by atomic mass is 16.6. The van der Waals surface area contributed by atoms with Crippen LogP contribution in [0.4, 0.5) is 5.69 Å². The van der Waals surface area contributed by atoms with Gasteiger partial charge >= 0.3 is 0 Å². The van der Waals surface area contributed by atoms with E-state index in [0.29, 0.717) is 0 Å². The summed E-state index contributed by atoms with van der Waals surface area (Å²) in [7, 11) is 1.51. The number of carbonyl (C=O) groups is 1. The Balaban J connectivity index is 2.76. The van der Waals surface area contributed by atoms with Gasteiger partial charge in [-0.05, 0) is 19.1 Å². The first-order valence-electron chi connectivity index (χ1n) is 5.16. The largest absolute Gasteiger partial charge is 0.383 e. The van der Waals surface area contributed by atoms with Crippen LogP contribution in [0, 0.1) is 10.1 Å². The van der Waals surface area contributed by atoms with Crippen molar-refractivity contribution in [3.63, 3.8) is 0 Å². The van der Waals surface area contributed by atoms with Crippen LogP contribution >= 0.6 is 0 Å². The molecule has 0 saturated carbocycles. The molecule has 0 spiro atoms. The summed E-state index contributed by atoms with van der Waals surface area (Å²) < 4.78 is 1.20. The van der Waals surface area contributed by atoms with Crippen LogP contribution in [-0.4, -0.2) is 40.0 Å². The van der Waals surface area contributed by atoms with Crippen molar-refractivity contribution in [3.8, 4) is 0 Å². The number of aliphatic hydroxyl groups excluding tert-OH is 1. The summed E-state index contributed by atoms with van der Waals surface area (Å²) in [4.78, 5) is 21.5. The first-order valence-corrected chi connectivity index (χ1v) is 5.16. The van der Waals surface area contributed by atoms with Gasteiger partial charge in [0, 0.05) is 17.7 Å². The standard InChI is InChI=1S/C11H13N3O4/c1-8(15)7-13(2)12-11(16)9-3-5-10(6-4-9)14(17)18/h3-8,15H,1-2H3/b13-7+. The molecule has 7 heteroatoms. The fourth-order valence-electron chi connectivity index (χ4n) is 1.27. The van der Waals surface area contributed by atoms with Crippen molar-refractivity contribution in [2.24, 2.45) is 0 Å². The molecule has 0 aliphatic carbocycles. The molecule has 0 aromatic heterocycles. The maximum absolute atomic E-state index is 11.6. The molecular weight excluding hydrogens is 238 g/mol. The predicted molar refractivity (Wildman–Crippen MR) is 64.7 cm³/mol. The van der Waals surface area contributed by atoms with E-state index < -0.39 is 16.9 Å². The Morgan fingerprint density at radius 1 is 1.44 bits per heavy atom. The Bertz CT molecular complexity index is 480. The Kier molecular flexibility index (Phi) is 4.50. The maximum Gasteiger partial charge on any atom is 0.269 e. The fraction of sp³-hybridized carbons (Fsp3) is 0.273. The molecule has 1 unspecified atom stereocenters. The van der Waals surface area contributed by atoms with E-state index in [-0.39, 0.29) is 11.3 Å². The van der Waals surface area contributed by atoms with Crippen molar-refractivity contribution in [2.75, 3.05) is 7.05 Å². The van der Waals surface area contributed by atoms with Gasteiger partial charge in [0.15, 0.2) is 6.21 Å². The number of nitrogens with zero attached hydrogens (tertiary/aromatic N) is 3. The number of hydrogen-bond acceptors (Lipinski definition) is 4. The van der Waals surface area contributed by atoms with Gasteiger partial charge in [-0.25, -0.2) is 0 Å². The smallest absolute Gasteiger partial charge is 0.269 e. The van der Waals surface area contributed by atoms with Gasteiger partial charge in [0.25, 0.3) is 5.69 Å². The summed E-state index contributed by atoms with van der Waals surface area (Å²) in [6.45, 7) is 1.53. The molecule has 1 rings (SSSR count). The second kappa shape index (κ2) is 5.87. The van der Waals surface area contributed by atoms with Crippen LogP contribution in [0.25, 0.3) is 5.43 Å². The normalized spacial score (nSPS) is 12.9. The van der Waals surface area contributed by atoms with Gasteiger partial charge in [0.1, 0.15) is 19.1 Å². The van der Waals surface area contributed by atoms with E-state index >= 15 is 0 Å². The molecule has 1 aromatic carbocycles. The van der Waals surface area contributed by atoms with Gasteiger partial charge < -0.3 is 15.3 Å². The minimum Gasteiger partial charge on any atom is -0.383 e. The van der Waals surface area contributed by atoms with Gasteiger partial charge in [-0.3, -0.25) is 14.8 Å². The fourth-order valence-corrected chi connectivity index (χ4v) is 1.27. The van der Waals surface area contributed by atoms with Gasteiger partial charge in [-0.2, -0.15) is 0 Å². The number of carbonyl (C=O) groups excluding carboxylic acids is 1. The summed E-state index contributed by atoms with van der Waals surface area (Å²) in [5.41, 5.74) is 3.83. The summed E-state index contributed by atoms with van der Waals surface area (Å²) in [6, 6.07) is 5.14. The molecule has 0 radical (unpaired) electrons. The highest BCUT2D eigenvalue weighted by molar-refractivity contribution is 6.02. The Morgan fingerprint density at radius 3 is 2.44 bits per heavy atom. The molecule has 1 amide bonds. The Labute approximate surface area is 103 Å². The molecule has 18 heavy (non-hydrogen) atoms. The third kappa shape index (κ3) is 3.95. The quantitative estimate of drug-likeness (QED) is 0.375. The SMILES string of the molecule is CC(O)/C=[N+](\C)[N-]C(=O)c1ccc([N+](=O)[O-])cc1. The van der Waals surface area contributed by atoms with Crippen molar-refractivity contribution in [1.29, 1.82) is 0 Å². The molecule has 1 N–H and O–H groups in total. The highest BCUT2D eigenvalue weighted by Crippen LogP contribution is 2.13. The minimum atomic E-state index is -0.719. The van der Waals surface area contributed by atoms with E-state index in [1.165, 1.54) is 49.1 Å². The Morgan fingerprint density at radius 2 is 2.00 bits per heavy atom. The number of nitro groups is 1. The number of nitro benzene ring substituents is 1. The highest BCUT2D eigenvalue weighted by Gasteiger charge is 2.06. The lowest BCUT2D eigenvalue weighted by Crippen LogP contribution is -2.15. The van der Waals surface area contributed by atoms with E-state index in [4.69, 9.17) is 5.11 Å². The summed E-state index contributed by atoms with van der Waals surface area (Å²) in [6.07, 6.45) is 0.631. The van der Waals surface area contributed by atoms with Crippen molar-refractivity contribution in [3.05, 3.63) is 45.4 Å². The lowest BCUT2D eigenvalue weighted by molar-refractivity contribution is -0.434. The molecule has 0 bridgehead atoms. The summed E-state index contributed by atoms with van der Waals surface area (Å²) in [5, 5.41) is 19.5. The first-order chi connectivity index (χ1) is 8.40. The number of amides is 1. The number of aliphatic hydroxyl groups is 1. The second-order valence-electron chi connectivity index (χ2n) is 3.67. The van der Waals surface area contributed by atoms with E-state index in [1.54, 1.807) is 0 Å². The zero-order valence-electron chi connectivity index (χ0n) is 9.98. The number of non-ortho nitro benzene ring substituents is 1. The molecular formula is C11H13N3O4. The molecule has 1 aromatic rings. The van der Waals surface area contributed by atoms with E-state index in [2.05, 4.69) is 5.43 Å². The van der Waals surface area contributed by atoms with Crippen molar-refractivity contribution in [1.82, 2.24) is 0 Å². The van der Waals surface area contributed by atoms with Gasteiger partial charge in [-0.1, -0.05) is 0 Å². The molecule has 1 atom stereocenters.